The first-order valence-electron chi connectivity index (χ1n) is 6.98. The van der Waals surface area contributed by atoms with Crippen LogP contribution in [0.5, 0.6) is 0 Å². The highest BCUT2D eigenvalue weighted by Gasteiger charge is 2.24. The molecule has 7 heteroatoms. The lowest BCUT2D eigenvalue weighted by atomic mass is 10.2. The summed E-state index contributed by atoms with van der Waals surface area (Å²) in [6.07, 6.45) is 0.244. The Labute approximate surface area is 129 Å². The minimum absolute atomic E-state index is 0.0965. The highest BCUT2D eigenvalue weighted by Crippen LogP contribution is 2.30. The molecule has 0 saturated carbocycles. The van der Waals surface area contributed by atoms with Crippen LogP contribution in [0.3, 0.4) is 0 Å². The largest absolute Gasteiger partial charge is 0.461 e. The van der Waals surface area contributed by atoms with Gasteiger partial charge in [0.1, 0.15) is 11.0 Å². The summed E-state index contributed by atoms with van der Waals surface area (Å²) in [5.74, 6) is -0.379. The molecule has 22 heavy (non-hydrogen) atoms. The fourth-order valence-electron chi connectivity index (χ4n) is 2.65. The number of para-hydroxylation sites is 1. The van der Waals surface area contributed by atoms with Gasteiger partial charge in [0.25, 0.3) is 10.1 Å². The fourth-order valence-corrected chi connectivity index (χ4v) is 3.58. The van der Waals surface area contributed by atoms with Gasteiger partial charge in [-0.25, -0.2) is 0 Å². The van der Waals surface area contributed by atoms with E-state index in [0.29, 0.717) is 29.6 Å². The molecule has 0 aliphatic heterocycles. The summed E-state index contributed by atoms with van der Waals surface area (Å²) >= 11 is 0. The monoisotopic (exact) mass is 325 g/mol. The van der Waals surface area contributed by atoms with E-state index in [0.717, 1.165) is 0 Å². The number of carbonyl (C=O) groups is 1. The Morgan fingerprint density at radius 2 is 2.00 bits per heavy atom. The van der Waals surface area contributed by atoms with Crippen molar-refractivity contribution in [2.45, 2.75) is 44.7 Å². The fraction of sp³-hybridized carbons (Fsp3) is 0.400. The van der Waals surface area contributed by atoms with Crippen LogP contribution < -0.4 is 0 Å². The molecule has 0 saturated heterocycles. The van der Waals surface area contributed by atoms with Crippen molar-refractivity contribution >= 4 is 27.0 Å². The Kier molecular flexibility index (Phi) is 4.58. The average molecular weight is 325 g/mol. The number of aromatic nitrogens is 1. The van der Waals surface area contributed by atoms with Crippen molar-refractivity contribution in [1.82, 2.24) is 4.57 Å². The van der Waals surface area contributed by atoms with Crippen molar-refractivity contribution in [2.75, 3.05) is 0 Å². The van der Waals surface area contributed by atoms with Crippen molar-refractivity contribution < 1.29 is 22.5 Å². The molecule has 0 aliphatic rings. The van der Waals surface area contributed by atoms with Gasteiger partial charge in [-0.05, 0) is 19.4 Å². The molecule has 0 aliphatic carbocycles. The summed E-state index contributed by atoms with van der Waals surface area (Å²) in [5, 5.41) is 0.458. The molecular formula is C15H19NO5S. The van der Waals surface area contributed by atoms with Crippen LogP contribution in [0.25, 0.3) is 10.9 Å². The molecule has 0 radical (unpaired) electrons. The number of carbonyl (C=O) groups excluding carboxylic acids is 1. The summed E-state index contributed by atoms with van der Waals surface area (Å²) in [6.45, 7) is 5.19. The number of ether oxygens (including phenoxy) is 1. The molecule has 120 valence electrons. The highest BCUT2D eigenvalue weighted by molar-refractivity contribution is 7.86. The topological polar surface area (TPSA) is 85.6 Å². The number of rotatable bonds is 5. The molecule has 1 unspecified atom stereocenters. The van der Waals surface area contributed by atoms with Gasteiger partial charge in [-0.2, -0.15) is 8.42 Å². The standard InChI is InChI=1S/C15H19NO5S/c1-4-12(21-11(3)17)9-16-10(2)15(22(18,19)20)13-7-5-6-8-14(13)16/h5-8,12H,4,9H2,1-3H3,(H,18,19,20). The predicted molar refractivity (Wildman–Crippen MR) is 82.3 cm³/mol. The maximum Gasteiger partial charge on any atom is 0.302 e. The predicted octanol–water partition coefficient (Wildman–Crippen LogP) is 2.54. The van der Waals surface area contributed by atoms with Crippen molar-refractivity contribution in [1.29, 1.82) is 0 Å². The van der Waals surface area contributed by atoms with Crippen LogP contribution in [0.1, 0.15) is 26.0 Å². The zero-order chi connectivity index (χ0) is 16.5. The zero-order valence-electron chi connectivity index (χ0n) is 12.7. The summed E-state index contributed by atoms with van der Waals surface area (Å²) in [4.78, 5) is 11.1. The Morgan fingerprint density at radius 3 is 2.55 bits per heavy atom. The van der Waals surface area contributed by atoms with Crippen molar-refractivity contribution in [3.05, 3.63) is 30.0 Å². The molecule has 0 fully saturated rings. The Hall–Kier alpha value is -1.86. The van der Waals surface area contributed by atoms with Crippen molar-refractivity contribution in [2.24, 2.45) is 0 Å². The van der Waals surface area contributed by atoms with Gasteiger partial charge in [-0.15, -0.1) is 0 Å². The molecule has 1 aromatic heterocycles. The molecular weight excluding hydrogens is 306 g/mol. The van der Waals surface area contributed by atoms with Gasteiger partial charge >= 0.3 is 5.97 Å². The molecule has 0 bridgehead atoms. The summed E-state index contributed by atoms with van der Waals surface area (Å²) in [6, 6.07) is 6.93. The lowest BCUT2D eigenvalue weighted by molar-refractivity contribution is -0.147. The van der Waals surface area contributed by atoms with E-state index in [-0.39, 0.29) is 17.0 Å². The third-order valence-corrected chi connectivity index (χ3v) is 4.64. The lowest BCUT2D eigenvalue weighted by Crippen LogP contribution is -2.22. The van der Waals surface area contributed by atoms with Gasteiger partial charge in [-0.3, -0.25) is 9.35 Å². The second kappa shape index (κ2) is 6.10. The molecule has 1 N–H and O–H groups in total. The molecule has 0 amide bonds. The van der Waals surface area contributed by atoms with Crippen LogP contribution in [-0.2, 0) is 26.2 Å². The summed E-state index contributed by atoms with van der Waals surface area (Å²) in [7, 11) is -4.33. The van der Waals surface area contributed by atoms with E-state index >= 15 is 0 Å². The molecule has 2 aromatic rings. The van der Waals surface area contributed by atoms with Gasteiger partial charge in [-0.1, -0.05) is 25.1 Å². The maximum absolute atomic E-state index is 11.7. The van der Waals surface area contributed by atoms with E-state index in [4.69, 9.17) is 4.74 Å². The third kappa shape index (κ3) is 3.15. The van der Waals surface area contributed by atoms with E-state index in [1.165, 1.54) is 6.92 Å². The normalized spacial score (nSPS) is 13.3. The number of esters is 1. The zero-order valence-corrected chi connectivity index (χ0v) is 13.6. The maximum atomic E-state index is 11.7. The van der Waals surface area contributed by atoms with E-state index in [9.17, 15) is 17.8 Å². The second-order valence-electron chi connectivity index (χ2n) is 5.16. The van der Waals surface area contributed by atoms with Crippen molar-refractivity contribution in [3.63, 3.8) is 0 Å². The number of nitrogens with zero attached hydrogens (tertiary/aromatic N) is 1. The lowest BCUT2D eigenvalue weighted by Gasteiger charge is -2.18. The minimum Gasteiger partial charge on any atom is -0.461 e. The summed E-state index contributed by atoms with van der Waals surface area (Å²) < 4.78 is 39.8. The molecule has 1 aromatic carbocycles. The molecule has 1 heterocycles. The van der Waals surface area contributed by atoms with Gasteiger partial charge < -0.3 is 9.30 Å². The first kappa shape index (κ1) is 16.5. The van der Waals surface area contributed by atoms with Crippen LogP contribution in [0, 0.1) is 6.92 Å². The van der Waals surface area contributed by atoms with Gasteiger partial charge in [0.15, 0.2) is 0 Å². The third-order valence-electron chi connectivity index (χ3n) is 3.61. The molecule has 6 nitrogen and oxygen atoms in total. The minimum atomic E-state index is -4.33. The smallest absolute Gasteiger partial charge is 0.302 e. The van der Waals surface area contributed by atoms with E-state index in [2.05, 4.69) is 0 Å². The van der Waals surface area contributed by atoms with E-state index in [1.807, 2.05) is 6.92 Å². The van der Waals surface area contributed by atoms with Gasteiger partial charge in [0.05, 0.1) is 6.54 Å². The first-order chi connectivity index (χ1) is 10.3. The number of hydrogen-bond acceptors (Lipinski definition) is 4. The SMILES string of the molecule is CCC(Cn1c(C)c(S(=O)(=O)O)c2ccccc21)OC(C)=O. The van der Waals surface area contributed by atoms with Crippen molar-refractivity contribution in [3.8, 4) is 0 Å². The number of fused-ring (bicyclic) bond motifs is 1. The Bertz CT molecular complexity index is 807. The van der Waals surface area contributed by atoms with Crippen LogP contribution in [0.4, 0.5) is 0 Å². The van der Waals surface area contributed by atoms with Gasteiger partial charge in [0.2, 0.25) is 0 Å². The highest BCUT2D eigenvalue weighted by atomic mass is 32.2. The molecule has 2 rings (SSSR count). The number of benzene rings is 1. The average Bonchev–Trinajstić information content (AvgIpc) is 2.70. The quantitative estimate of drug-likeness (QED) is 0.674. The Morgan fingerprint density at radius 1 is 1.36 bits per heavy atom. The first-order valence-corrected chi connectivity index (χ1v) is 8.42. The van der Waals surface area contributed by atoms with Crippen LogP contribution in [-0.4, -0.2) is 29.6 Å². The second-order valence-corrected chi connectivity index (χ2v) is 6.52. The molecule has 1 atom stereocenters. The summed E-state index contributed by atoms with van der Waals surface area (Å²) in [5.41, 5.74) is 1.10. The van der Waals surface area contributed by atoms with Crippen LogP contribution >= 0.6 is 0 Å². The van der Waals surface area contributed by atoms with E-state index < -0.39 is 10.1 Å². The number of hydrogen-bond donors (Lipinski definition) is 1. The van der Waals surface area contributed by atoms with E-state index in [1.54, 1.807) is 35.8 Å². The van der Waals surface area contributed by atoms with Crippen LogP contribution in [0.2, 0.25) is 0 Å². The van der Waals surface area contributed by atoms with Crippen LogP contribution in [0.15, 0.2) is 29.2 Å². The van der Waals surface area contributed by atoms with Gasteiger partial charge in [0, 0.05) is 23.5 Å². The Balaban J connectivity index is 2.59. The molecule has 0 spiro atoms.